The Labute approximate surface area is 161 Å². The first kappa shape index (κ1) is 20.1. The van der Waals surface area contributed by atoms with Crippen molar-refractivity contribution < 1.29 is 19.0 Å². The van der Waals surface area contributed by atoms with E-state index in [-0.39, 0.29) is 5.56 Å². The van der Waals surface area contributed by atoms with Crippen molar-refractivity contribution in [3.63, 3.8) is 0 Å². The van der Waals surface area contributed by atoms with Gasteiger partial charge in [0.15, 0.2) is 5.72 Å². The third-order valence-corrected chi connectivity index (χ3v) is 5.16. The lowest BCUT2D eigenvalue weighted by Gasteiger charge is -2.47. The van der Waals surface area contributed by atoms with Gasteiger partial charge in [-0.15, -0.1) is 6.42 Å². The second-order valence-electron chi connectivity index (χ2n) is 6.77. The van der Waals surface area contributed by atoms with E-state index >= 15 is 0 Å². The number of hydrogen-bond acceptors (Lipinski definition) is 5. The average molecular weight is 388 g/mol. The molecule has 0 radical (unpaired) electrons. The second kappa shape index (κ2) is 8.19. The summed E-state index contributed by atoms with van der Waals surface area (Å²) in [6.45, 7) is 2.11. The molecule has 2 aromatic rings. The van der Waals surface area contributed by atoms with Gasteiger partial charge in [-0.1, -0.05) is 18.4 Å². The Kier molecular flexibility index (Phi) is 5.89. The van der Waals surface area contributed by atoms with Crippen LogP contribution in [0, 0.1) is 29.9 Å². The Balaban J connectivity index is 2.22. The Morgan fingerprint density at radius 1 is 1.50 bits per heavy atom. The molecule has 1 saturated heterocycles. The number of terminal acetylenes is 1. The second-order valence-corrected chi connectivity index (χ2v) is 6.77. The lowest BCUT2D eigenvalue weighted by atomic mass is 9.72. The molecular weight excluding hydrogens is 366 g/mol. The predicted octanol–water partition coefficient (Wildman–Crippen LogP) is 1.88. The molecule has 0 aliphatic carbocycles. The molecule has 8 heteroatoms. The largest absolute Gasteiger partial charge is 0.391 e. The van der Waals surface area contributed by atoms with Crippen LogP contribution in [0.2, 0.25) is 0 Å². The summed E-state index contributed by atoms with van der Waals surface area (Å²) >= 11 is 0. The van der Waals surface area contributed by atoms with Crippen LogP contribution in [0.4, 0.5) is 8.78 Å². The van der Waals surface area contributed by atoms with E-state index in [1.807, 2.05) is 0 Å². The summed E-state index contributed by atoms with van der Waals surface area (Å²) in [6.07, 6.45) is 9.64. The molecule has 3 rings (SSSR count). The molecule has 28 heavy (non-hydrogen) atoms. The molecule has 6 nitrogen and oxygen atoms in total. The molecule has 4 unspecified atom stereocenters. The van der Waals surface area contributed by atoms with Gasteiger partial charge in [-0.3, -0.25) is 5.32 Å². The van der Waals surface area contributed by atoms with Crippen molar-refractivity contribution in [1.82, 2.24) is 20.1 Å². The van der Waals surface area contributed by atoms with Crippen LogP contribution in [0.15, 0.2) is 42.5 Å². The third kappa shape index (κ3) is 3.56. The van der Waals surface area contributed by atoms with Crippen molar-refractivity contribution in [2.24, 2.45) is 5.92 Å². The molecule has 1 fully saturated rings. The van der Waals surface area contributed by atoms with Crippen LogP contribution in [0.3, 0.4) is 0 Å². The molecule has 2 heterocycles. The molecule has 1 aromatic carbocycles. The molecule has 1 aliphatic heterocycles. The summed E-state index contributed by atoms with van der Waals surface area (Å²) in [6, 6.07) is 2.20. The van der Waals surface area contributed by atoms with Crippen LogP contribution in [-0.2, 0) is 5.72 Å². The SMILES string of the molecule is C#CC=C1CCNC(O)(c2ccc(F)cc2F)C1C(C(O)CC)n1cncn1. The maximum atomic E-state index is 14.7. The lowest BCUT2D eigenvalue weighted by Crippen LogP contribution is -2.57. The van der Waals surface area contributed by atoms with Gasteiger partial charge >= 0.3 is 0 Å². The van der Waals surface area contributed by atoms with Crippen molar-refractivity contribution in [3.8, 4) is 12.3 Å². The number of halogens is 2. The van der Waals surface area contributed by atoms with Gasteiger partial charge in [-0.05, 0) is 31.1 Å². The predicted molar refractivity (Wildman–Crippen MR) is 98.6 cm³/mol. The van der Waals surface area contributed by atoms with Crippen LogP contribution < -0.4 is 5.32 Å². The Morgan fingerprint density at radius 3 is 2.89 bits per heavy atom. The van der Waals surface area contributed by atoms with Crippen molar-refractivity contribution in [2.75, 3.05) is 6.54 Å². The molecular formula is C20H22F2N4O2. The number of allylic oxidation sites excluding steroid dienone is 1. The normalized spacial score (nSPS) is 26.0. The Hall–Kier alpha value is -2.60. The summed E-state index contributed by atoms with van der Waals surface area (Å²) in [7, 11) is 0. The van der Waals surface area contributed by atoms with Crippen molar-refractivity contribution >= 4 is 0 Å². The quantitative estimate of drug-likeness (QED) is 0.682. The number of nitrogens with zero attached hydrogens (tertiary/aromatic N) is 3. The highest BCUT2D eigenvalue weighted by atomic mass is 19.1. The van der Waals surface area contributed by atoms with E-state index in [4.69, 9.17) is 6.42 Å². The van der Waals surface area contributed by atoms with Crippen molar-refractivity contribution in [3.05, 3.63) is 59.7 Å². The first-order valence-electron chi connectivity index (χ1n) is 9.02. The van der Waals surface area contributed by atoms with Crippen LogP contribution in [0.25, 0.3) is 0 Å². The summed E-state index contributed by atoms with van der Waals surface area (Å²) < 4.78 is 29.5. The summed E-state index contributed by atoms with van der Waals surface area (Å²) in [4.78, 5) is 3.93. The van der Waals surface area contributed by atoms with Gasteiger partial charge in [0, 0.05) is 18.2 Å². The third-order valence-electron chi connectivity index (χ3n) is 5.16. The number of aromatic nitrogens is 3. The molecule has 4 atom stereocenters. The fourth-order valence-electron chi connectivity index (χ4n) is 3.89. The van der Waals surface area contributed by atoms with Gasteiger partial charge in [0.05, 0.1) is 18.1 Å². The standard InChI is InChI=1S/C20H22F2N4O2/c1-3-5-13-8-9-24-20(28,15-7-6-14(21)10-16(15)22)18(13)19(17(27)4-2)26-12-23-11-25-26/h1,5-7,10-12,17-19,24,27-28H,4,8-9H2,2H3. The van der Waals surface area contributed by atoms with Gasteiger partial charge in [0.1, 0.15) is 24.3 Å². The van der Waals surface area contributed by atoms with E-state index in [1.165, 1.54) is 29.5 Å². The van der Waals surface area contributed by atoms with Gasteiger partial charge in [-0.25, -0.2) is 18.4 Å². The van der Waals surface area contributed by atoms with E-state index in [0.717, 1.165) is 6.07 Å². The fraction of sp³-hybridized carbons (Fsp3) is 0.400. The average Bonchev–Trinajstić information content (AvgIpc) is 3.18. The number of hydrogen-bond donors (Lipinski definition) is 3. The van der Waals surface area contributed by atoms with Crippen molar-refractivity contribution in [1.29, 1.82) is 0 Å². The summed E-state index contributed by atoms with van der Waals surface area (Å²) in [5, 5.41) is 29.5. The van der Waals surface area contributed by atoms with E-state index in [9.17, 15) is 19.0 Å². The maximum absolute atomic E-state index is 14.7. The monoisotopic (exact) mass is 388 g/mol. The lowest BCUT2D eigenvalue weighted by molar-refractivity contribution is -0.0960. The fourth-order valence-corrected chi connectivity index (χ4v) is 3.89. The number of piperidine rings is 1. The van der Waals surface area contributed by atoms with E-state index in [2.05, 4.69) is 21.3 Å². The zero-order valence-electron chi connectivity index (χ0n) is 15.4. The smallest absolute Gasteiger partial charge is 0.153 e. The minimum absolute atomic E-state index is 0.130. The van der Waals surface area contributed by atoms with Crippen LogP contribution >= 0.6 is 0 Å². The van der Waals surface area contributed by atoms with Gasteiger partial charge in [0.25, 0.3) is 0 Å². The molecule has 1 aliphatic rings. The van der Waals surface area contributed by atoms with Gasteiger partial charge in [0.2, 0.25) is 0 Å². The summed E-state index contributed by atoms with van der Waals surface area (Å²) in [5.74, 6) is -0.0606. The van der Waals surface area contributed by atoms with Gasteiger partial charge in [-0.2, -0.15) is 5.10 Å². The molecule has 0 spiro atoms. The first-order valence-corrected chi connectivity index (χ1v) is 9.02. The number of nitrogens with one attached hydrogen (secondary N) is 1. The van der Waals surface area contributed by atoms with Crippen LogP contribution in [0.1, 0.15) is 31.4 Å². The molecule has 0 bridgehead atoms. The minimum Gasteiger partial charge on any atom is -0.391 e. The van der Waals surface area contributed by atoms with Crippen LogP contribution in [-0.4, -0.2) is 37.6 Å². The van der Waals surface area contributed by atoms with Crippen molar-refractivity contribution in [2.45, 2.75) is 37.6 Å². The van der Waals surface area contributed by atoms with E-state index < -0.39 is 35.4 Å². The highest BCUT2D eigenvalue weighted by molar-refractivity contribution is 5.34. The summed E-state index contributed by atoms with van der Waals surface area (Å²) in [5.41, 5.74) is -1.42. The van der Waals surface area contributed by atoms with Gasteiger partial charge < -0.3 is 10.2 Å². The maximum Gasteiger partial charge on any atom is 0.153 e. The molecule has 0 amide bonds. The van der Waals surface area contributed by atoms with E-state index in [0.29, 0.717) is 31.0 Å². The van der Waals surface area contributed by atoms with Crippen LogP contribution in [0.5, 0.6) is 0 Å². The highest BCUT2D eigenvalue weighted by Gasteiger charge is 2.50. The number of benzene rings is 1. The Morgan fingerprint density at radius 2 is 2.29 bits per heavy atom. The molecule has 0 saturated carbocycles. The zero-order chi connectivity index (χ0) is 20.3. The number of aliphatic hydroxyl groups is 2. The minimum atomic E-state index is -1.94. The highest BCUT2D eigenvalue weighted by Crippen LogP contribution is 2.45. The van der Waals surface area contributed by atoms with E-state index in [1.54, 1.807) is 6.92 Å². The number of rotatable bonds is 5. The number of aliphatic hydroxyl groups excluding tert-OH is 1. The zero-order valence-corrected chi connectivity index (χ0v) is 15.4. The first-order chi connectivity index (χ1) is 13.4. The molecule has 3 N–H and O–H groups in total. The molecule has 1 aromatic heterocycles. The molecule has 148 valence electrons. The Bertz CT molecular complexity index is 894. The topological polar surface area (TPSA) is 83.2 Å².